The van der Waals surface area contributed by atoms with Gasteiger partial charge in [0.1, 0.15) is 17.3 Å². The Hall–Kier alpha value is -3.28. The van der Waals surface area contributed by atoms with Crippen LogP contribution in [-0.2, 0) is 9.59 Å². The zero-order chi connectivity index (χ0) is 22.5. The zero-order valence-electron chi connectivity index (χ0n) is 18.5. The van der Waals surface area contributed by atoms with Gasteiger partial charge in [0, 0.05) is 17.7 Å². The van der Waals surface area contributed by atoms with E-state index in [2.05, 4.69) is 6.92 Å². The maximum absolute atomic E-state index is 13.1. The molecule has 1 saturated heterocycles. The lowest BCUT2D eigenvalue weighted by Crippen LogP contribution is -2.30. The molecule has 6 nitrogen and oxygen atoms in total. The number of hydrogen-bond donors (Lipinski definition) is 1. The van der Waals surface area contributed by atoms with Crippen molar-refractivity contribution in [1.29, 1.82) is 0 Å². The van der Waals surface area contributed by atoms with Gasteiger partial charge in [-0.15, -0.1) is 0 Å². The first-order valence-corrected chi connectivity index (χ1v) is 10.5. The van der Waals surface area contributed by atoms with Crippen LogP contribution in [0.5, 0.6) is 11.5 Å². The Morgan fingerprint density at radius 3 is 2.45 bits per heavy atom. The normalized spacial score (nSPS) is 17.8. The number of benzene rings is 2. The summed E-state index contributed by atoms with van der Waals surface area (Å²) in [5.74, 6) is -0.255. The number of aryl methyl sites for hydroxylation is 1. The van der Waals surface area contributed by atoms with Crippen molar-refractivity contribution in [2.45, 2.75) is 39.2 Å². The van der Waals surface area contributed by atoms with Crippen molar-refractivity contribution >= 4 is 17.4 Å². The number of aliphatic hydroxyl groups excluding tert-OH is 1. The highest BCUT2D eigenvalue weighted by Gasteiger charge is 2.46. The standard InChI is InChI=1S/C25H29NO5/c1-5-6-9-14-26-22(19-10-7-8-11-20(19)31-4)21(24(28)25(26)29)23(27)18-13-12-17(30-3)15-16(18)2/h7-8,10-13,15,22,27H,5-6,9,14H2,1-4H3/b23-21+. The van der Waals surface area contributed by atoms with Crippen LogP contribution in [0.2, 0.25) is 0 Å². The van der Waals surface area contributed by atoms with Gasteiger partial charge in [-0.3, -0.25) is 9.59 Å². The number of nitrogens with zero attached hydrogens (tertiary/aromatic N) is 1. The van der Waals surface area contributed by atoms with Crippen LogP contribution in [0.25, 0.3) is 5.76 Å². The number of unbranched alkanes of at least 4 members (excludes halogenated alkanes) is 2. The van der Waals surface area contributed by atoms with Gasteiger partial charge in [-0.25, -0.2) is 0 Å². The molecule has 164 valence electrons. The molecule has 1 unspecified atom stereocenters. The van der Waals surface area contributed by atoms with E-state index in [4.69, 9.17) is 9.47 Å². The topological polar surface area (TPSA) is 76.1 Å². The third kappa shape index (κ3) is 4.29. The predicted molar refractivity (Wildman–Crippen MR) is 119 cm³/mol. The van der Waals surface area contributed by atoms with Crippen molar-refractivity contribution in [2.75, 3.05) is 20.8 Å². The van der Waals surface area contributed by atoms with Crippen LogP contribution in [0.3, 0.4) is 0 Å². The van der Waals surface area contributed by atoms with Crippen LogP contribution < -0.4 is 9.47 Å². The molecule has 2 aromatic carbocycles. The van der Waals surface area contributed by atoms with Gasteiger partial charge in [-0.1, -0.05) is 38.0 Å². The summed E-state index contributed by atoms with van der Waals surface area (Å²) in [5.41, 5.74) is 1.99. The van der Waals surface area contributed by atoms with Gasteiger partial charge in [-0.2, -0.15) is 0 Å². The lowest BCUT2D eigenvalue weighted by Gasteiger charge is -2.26. The molecular formula is C25H29NO5. The second-order valence-electron chi connectivity index (χ2n) is 7.62. The minimum Gasteiger partial charge on any atom is -0.507 e. The number of amides is 1. The number of carbonyl (C=O) groups excluding carboxylic acids is 2. The lowest BCUT2D eigenvalue weighted by atomic mass is 9.93. The molecule has 1 amide bonds. The van der Waals surface area contributed by atoms with Crippen LogP contribution >= 0.6 is 0 Å². The molecule has 6 heteroatoms. The number of ether oxygens (including phenoxy) is 2. The van der Waals surface area contributed by atoms with E-state index in [1.165, 1.54) is 0 Å². The molecule has 1 N–H and O–H groups in total. The Morgan fingerprint density at radius 2 is 1.81 bits per heavy atom. The molecule has 3 rings (SSSR count). The summed E-state index contributed by atoms with van der Waals surface area (Å²) in [5, 5.41) is 11.2. The van der Waals surface area contributed by atoms with E-state index in [0.717, 1.165) is 24.8 Å². The highest BCUT2D eigenvalue weighted by Crippen LogP contribution is 2.43. The number of para-hydroxylation sites is 1. The smallest absolute Gasteiger partial charge is 0.295 e. The largest absolute Gasteiger partial charge is 0.507 e. The number of carbonyl (C=O) groups is 2. The van der Waals surface area contributed by atoms with Gasteiger partial charge in [0.2, 0.25) is 0 Å². The van der Waals surface area contributed by atoms with Gasteiger partial charge >= 0.3 is 0 Å². The molecule has 1 aliphatic heterocycles. The van der Waals surface area contributed by atoms with Crippen LogP contribution in [-0.4, -0.2) is 42.5 Å². The first kappa shape index (κ1) is 22.4. The minimum atomic E-state index is -0.713. The average Bonchev–Trinajstić information content (AvgIpc) is 3.03. The van der Waals surface area contributed by atoms with Crippen molar-refractivity contribution in [3.05, 3.63) is 64.7 Å². The Bertz CT molecular complexity index is 1010. The van der Waals surface area contributed by atoms with E-state index < -0.39 is 17.7 Å². The quantitative estimate of drug-likeness (QED) is 0.290. The number of hydrogen-bond acceptors (Lipinski definition) is 5. The molecule has 1 aliphatic rings. The number of likely N-dealkylation sites (tertiary alicyclic amines) is 1. The minimum absolute atomic E-state index is 0.0827. The van der Waals surface area contributed by atoms with Crippen molar-refractivity contribution in [3.63, 3.8) is 0 Å². The fraction of sp³-hybridized carbons (Fsp3) is 0.360. The number of ketones is 1. The second-order valence-corrected chi connectivity index (χ2v) is 7.62. The van der Waals surface area contributed by atoms with E-state index in [9.17, 15) is 14.7 Å². The average molecular weight is 424 g/mol. The van der Waals surface area contributed by atoms with E-state index in [-0.39, 0.29) is 11.3 Å². The third-order valence-corrected chi connectivity index (χ3v) is 5.66. The van der Waals surface area contributed by atoms with Gasteiger partial charge in [0.25, 0.3) is 11.7 Å². The summed E-state index contributed by atoms with van der Waals surface area (Å²) >= 11 is 0. The molecule has 1 atom stereocenters. The van der Waals surface area contributed by atoms with Crippen molar-refractivity contribution in [1.82, 2.24) is 4.90 Å². The van der Waals surface area contributed by atoms with Gasteiger partial charge in [0.05, 0.1) is 25.8 Å². The third-order valence-electron chi connectivity index (χ3n) is 5.66. The summed E-state index contributed by atoms with van der Waals surface area (Å²) in [6.07, 6.45) is 2.71. The van der Waals surface area contributed by atoms with Crippen LogP contribution in [0.4, 0.5) is 0 Å². The SMILES string of the molecule is CCCCCN1C(=O)C(=O)/C(=C(/O)c2ccc(OC)cc2C)C1c1ccccc1OC. The van der Waals surface area contributed by atoms with Crippen molar-refractivity contribution in [2.24, 2.45) is 0 Å². The molecule has 31 heavy (non-hydrogen) atoms. The molecule has 0 aliphatic carbocycles. The second kappa shape index (κ2) is 9.69. The molecule has 0 spiro atoms. The highest BCUT2D eigenvalue weighted by molar-refractivity contribution is 6.46. The Labute approximate surface area is 183 Å². The van der Waals surface area contributed by atoms with E-state index in [1.54, 1.807) is 43.4 Å². The van der Waals surface area contributed by atoms with Gasteiger partial charge in [0.15, 0.2) is 0 Å². The Kier molecular flexibility index (Phi) is 7.00. The maximum Gasteiger partial charge on any atom is 0.295 e. The number of Topliss-reactive ketones (excluding diaryl/α,β-unsaturated/α-hetero) is 1. The van der Waals surface area contributed by atoms with Crippen molar-refractivity contribution in [3.8, 4) is 11.5 Å². The Morgan fingerprint density at radius 1 is 1.06 bits per heavy atom. The Balaban J connectivity index is 2.19. The highest BCUT2D eigenvalue weighted by atomic mass is 16.5. The summed E-state index contributed by atoms with van der Waals surface area (Å²) < 4.78 is 10.8. The first-order chi connectivity index (χ1) is 14.9. The lowest BCUT2D eigenvalue weighted by molar-refractivity contribution is -0.139. The molecule has 0 radical (unpaired) electrons. The van der Waals surface area contributed by atoms with Gasteiger partial charge in [-0.05, 0) is 43.2 Å². The molecule has 2 aromatic rings. The van der Waals surface area contributed by atoms with Crippen LogP contribution in [0, 0.1) is 6.92 Å². The van der Waals surface area contributed by atoms with Crippen LogP contribution in [0.1, 0.15) is 48.9 Å². The summed E-state index contributed by atoms with van der Waals surface area (Å²) in [4.78, 5) is 27.6. The molecule has 0 bridgehead atoms. The van der Waals surface area contributed by atoms with Crippen molar-refractivity contribution < 1.29 is 24.2 Å². The molecule has 0 aromatic heterocycles. The zero-order valence-corrected chi connectivity index (χ0v) is 18.5. The summed E-state index contributed by atoms with van der Waals surface area (Å²) in [6.45, 7) is 4.34. The first-order valence-electron chi connectivity index (χ1n) is 10.5. The summed E-state index contributed by atoms with van der Waals surface area (Å²) in [7, 11) is 3.12. The molecule has 0 saturated carbocycles. The van der Waals surface area contributed by atoms with E-state index >= 15 is 0 Å². The monoisotopic (exact) mass is 423 g/mol. The summed E-state index contributed by atoms with van der Waals surface area (Å²) in [6, 6.07) is 11.8. The van der Waals surface area contributed by atoms with Gasteiger partial charge < -0.3 is 19.5 Å². The van der Waals surface area contributed by atoms with E-state index in [1.807, 2.05) is 25.1 Å². The number of rotatable bonds is 8. The predicted octanol–water partition coefficient (Wildman–Crippen LogP) is 4.62. The van der Waals surface area contributed by atoms with Crippen LogP contribution in [0.15, 0.2) is 48.0 Å². The maximum atomic E-state index is 13.1. The molecule has 1 heterocycles. The molecular weight excluding hydrogens is 394 g/mol. The molecule has 1 fully saturated rings. The fourth-order valence-corrected chi connectivity index (χ4v) is 4.03. The fourth-order valence-electron chi connectivity index (χ4n) is 4.03. The number of methoxy groups -OCH3 is 2. The number of aliphatic hydroxyl groups is 1. The van der Waals surface area contributed by atoms with E-state index in [0.29, 0.717) is 29.2 Å².